The standard InChI is InChI=1S/C20H19N3O3/c1-12-8-9-15(10-13(12)2)19-21-18(26-22-19)11-23-16-6-4-5-7-17(16)25-14(3)20(23)24/h4-10,14H,11H2,1-3H3/t14-/m0/s1. The third-order valence-electron chi connectivity index (χ3n) is 4.60. The summed E-state index contributed by atoms with van der Waals surface area (Å²) in [4.78, 5) is 18.7. The third-order valence-corrected chi connectivity index (χ3v) is 4.60. The molecule has 0 spiro atoms. The number of hydrogen-bond donors (Lipinski definition) is 0. The van der Waals surface area contributed by atoms with Gasteiger partial charge in [-0.25, -0.2) is 0 Å². The summed E-state index contributed by atoms with van der Waals surface area (Å²) in [6.45, 7) is 6.05. The number of amides is 1. The van der Waals surface area contributed by atoms with E-state index in [4.69, 9.17) is 9.26 Å². The molecule has 26 heavy (non-hydrogen) atoms. The van der Waals surface area contributed by atoms with Gasteiger partial charge in [0.25, 0.3) is 5.91 Å². The van der Waals surface area contributed by atoms with Crippen LogP contribution >= 0.6 is 0 Å². The van der Waals surface area contributed by atoms with Crippen molar-refractivity contribution in [2.75, 3.05) is 4.90 Å². The van der Waals surface area contributed by atoms with Crippen molar-refractivity contribution in [1.82, 2.24) is 10.1 Å². The summed E-state index contributed by atoms with van der Waals surface area (Å²) in [5.41, 5.74) is 3.98. The average Bonchev–Trinajstić information content (AvgIpc) is 3.10. The van der Waals surface area contributed by atoms with Gasteiger partial charge in [0.05, 0.1) is 5.69 Å². The van der Waals surface area contributed by atoms with Gasteiger partial charge in [0, 0.05) is 5.56 Å². The number of fused-ring (bicyclic) bond motifs is 1. The number of carbonyl (C=O) groups is 1. The maximum Gasteiger partial charge on any atom is 0.268 e. The van der Waals surface area contributed by atoms with E-state index in [0.717, 1.165) is 5.56 Å². The van der Waals surface area contributed by atoms with E-state index in [1.54, 1.807) is 11.8 Å². The van der Waals surface area contributed by atoms with Crippen LogP contribution in [-0.2, 0) is 11.3 Å². The number of aryl methyl sites for hydroxylation is 2. The Morgan fingerprint density at radius 1 is 1.12 bits per heavy atom. The lowest BCUT2D eigenvalue weighted by Crippen LogP contribution is -2.44. The topological polar surface area (TPSA) is 68.5 Å². The van der Waals surface area contributed by atoms with E-state index in [2.05, 4.69) is 17.1 Å². The van der Waals surface area contributed by atoms with Crippen LogP contribution in [0.4, 0.5) is 5.69 Å². The van der Waals surface area contributed by atoms with Gasteiger partial charge >= 0.3 is 0 Å². The summed E-state index contributed by atoms with van der Waals surface area (Å²) in [6, 6.07) is 13.5. The highest BCUT2D eigenvalue weighted by atomic mass is 16.5. The first-order valence-corrected chi connectivity index (χ1v) is 8.50. The van der Waals surface area contributed by atoms with E-state index in [1.807, 2.05) is 49.4 Å². The smallest absolute Gasteiger partial charge is 0.268 e. The summed E-state index contributed by atoms with van der Waals surface area (Å²) in [6.07, 6.45) is -0.549. The summed E-state index contributed by atoms with van der Waals surface area (Å²) in [5.74, 6) is 1.45. The highest BCUT2D eigenvalue weighted by molar-refractivity contribution is 5.99. The minimum absolute atomic E-state index is 0.130. The highest BCUT2D eigenvalue weighted by Crippen LogP contribution is 2.34. The molecule has 0 saturated carbocycles. The summed E-state index contributed by atoms with van der Waals surface area (Å²) in [5, 5.41) is 4.07. The molecule has 0 saturated heterocycles. The van der Waals surface area contributed by atoms with Gasteiger partial charge in [-0.2, -0.15) is 4.98 Å². The molecule has 0 aliphatic carbocycles. The number of hydrogen-bond acceptors (Lipinski definition) is 5. The highest BCUT2D eigenvalue weighted by Gasteiger charge is 2.32. The van der Waals surface area contributed by atoms with Crippen LogP contribution in [0.5, 0.6) is 5.75 Å². The molecule has 2 aromatic carbocycles. The predicted molar refractivity (Wildman–Crippen MR) is 96.9 cm³/mol. The second-order valence-corrected chi connectivity index (χ2v) is 6.46. The lowest BCUT2D eigenvalue weighted by molar-refractivity contribution is -0.125. The average molecular weight is 349 g/mol. The molecule has 132 valence electrons. The summed E-state index contributed by atoms with van der Waals surface area (Å²) >= 11 is 0. The molecular weight excluding hydrogens is 330 g/mol. The fraction of sp³-hybridized carbons (Fsp3) is 0.250. The van der Waals surface area contributed by atoms with E-state index in [-0.39, 0.29) is 12.5 Å². The molecule has 0 fully saturated rings. The number of ether oxygens (including phenoxy) is 1. The Bertz CT molecular complexity index is 980. The monoisotopic (exact) mass is 349 g/mol. The minimum atomic E-state index is -0.549. The van der Waals surface area contributed by atoms with Crippen LogP contribution in [0, 0.1) is 13.8 Å². The molecule has 1 aliphatic rings. The molecule has 1 aromatic heterocycles. The maximum atomic E-state index is 12.6. The normalized spacial score (nSPS) is 16.3. The largest absolute Gasteiger partial charge is 0.479 e. The van der Waals surface area contributed by atoms with Crippen molar-refractivity contribution in [2.45, 2.75) is 33.4 Å². The minimum Gasteiger partial charge on any atom is -0.479 e. The Kier molecular flexibility index (Phi) is 3.95. The van der Waals surface area contributed by atoms with Crippen molar-refractivity contribution in [3.05, 3.63) is 59.5 Å². The van der Waals surface area contributed by atoms with Gasteiger partial charge in [0.1, 0.15) is 12.3 Å². The third kappa shape index (κ3) is 2.83. The fourth-order valence-corrected chi connectivity index (χ4v) is 2.97. The molecule has 1 amide bonds. The van der Waals surface area contributed by atoms with Gasteiger partial charge in [0.2, 0.25) is 11.7 Å². The molecule has 1 aliphatic heterocycles. The Hall–Kier alpha value is -3.15. The number of benzene rings is 2. The van der Waals surface area contributed by atoms with E-state index in [9.17, 15) is 4.79 Å². The molecule has 6 nitrogen and oxygen atoms in total. The van der Waals surface area contributed by atoms with E-state index in [1.165, 1.54) is 11.1 Å². The fourth-order valence-electron chi connectivity index (χ4n) is 2.97. The number of aromatic nitrogens is 2. The molecule has 0 unspecified atom stereocenters. The van der Waals surface area contributed by atoms with Crippen molar-refractivity contribution >= 4 is 11.6 Å². The van der Waals surface area contributed by atoms with E-state index >= 15 is 0 Å². The van der Waals surface area contributed by atoms with Crippen LogP contribution in [0.15, 0.2) is 47.0 Å². The van der Waals surface area contributed by atoms with Crippen molar-refractivity contribution in [1.29, 1.82) is 0 Å². The number of anilines is 1. The quantitative estimate of drug-likeness (QED) is 0.722. The number of para-hydroxylation sites is 2. The second kappa shape index (κ2) is 6.29. The zero-order valence-corrected chi connectivity index (χ0v) is 14.9. The molecule has 6 heteroatoms. The van der Waals surface area contributed by atoms with Crippen LogP contribution in [0.25, 0.3) is 11.4 Å². The molecule has 4 rings (SSSR count). The van der Waals surface area contributed by atoms with Crippen LogP contribution < -0.4 is 9.64 Å². The first-order valence-electron chi connectivity index (χ1n) is 8.50. The second-order valence-electron chi connectivity index (χ2n) is 6.46. The zero-order valence-electron chi connectivity index (χ0n) is 14.9. The Morgan fingerprint density at radius 2 is 1.92 bits per heavy atom. The maximum absolute atomic E-state index is 12.6. The van der Waals surface area contributed by atoms with E-state index < -0.39 is 6.10 Å². The molecule has 1 atom stereocenters. The van der Waals surface area contributed by atoms with Gasteiger partial charge in [-0.05, 0) is 50.1 Å². The van der Waals surface area contributed by atoms with E-state index in [0.29, 0.717) is 23.2 Å². The van der Waals surface area contributed by atoms with Crippen molar-refractivity contribution in [3.8, 4) is 17.1 Å². The van der Waals surface area contributed by atoms with Gasteiger partial charge in [-0.1, -0.05) is 29.4 Å². The molecule has 3 aromatic rings. The lowest BCUT2D eigenvalue weighted by atomic mass is 10.1. The van der Waals surface area contributed by atoms with Crippen LogP contribution in [0.1, 0.15) is 23.9 Å². The van der Waals surface area contributed by atoms with Gasteiger partial charge in [0.15, 0.2) is 6.10 Å². The Morgan fingerprint density at radius 3 is 2.73 bits per heavy atom. The van der Waals surface area contributed by atoms with Crippen LogP contribution in [-0.4, -0.2) is 22.2 Å². The summed E-state index contributed by atoms with van der Waals surface area (Å²) < 4.78 is 11.0. The van der Waals surface area contributed by atoms with Crippen LogP contribution in [0.3, 0.4) is 0 Å². The van der Waals surface area contributed by atoms with Crippen LogP contribution in [0.2, 0.25) is 0 Å². The van der Waals surface area contributed by atoms with Crippen molar-refractivity contribution < 1.29 is 14.1 Å². The molecule has 0 radical (unpaired) electrons. The molecule has 0 N–H and O–H groups in total. The molecular formula is C20H19N3O3. The summed E-state index contributed by atoms with van der Waals surface area (Å²) in [7, 11) is 0. The first-order chi connectivity index (χ1) is 12.5. The van der Waals surface area contributed by atoms with Gasteiger partial charge < -0.3 is 9.26 Å². The molecule has 0 bridgehead atoms. The Labute approximate surface area is 151 Å². The van der Waals surface area contributed by atoms with Crippen molar-refractivity contribution in [3.63, 3.8) is 0 Å². The first kappa shape index (κ1) is 16.3. The number of nitrogens with zero attached hydrogens (tertiary/aromatic N) is 3. The SMILES string of the molecule is Cc1ccc(-c2noc(CN3C(=O)[C@H](C)Oc4ccccc43)n2)cc1C. The van der Waals surface area contributed by atoms with Crippen molar-refractivity contribution in [2.24, 2.45) is 0 Å². The van der Waals surface area contributed by atoms with Gasteiger partial charge in [-0.15, -0.1) is 0 Å². The van der Waals surface area contributed by atoms with Gasteiger partial charge in [-0.3, -0.25) is 9.69 Å². The Balaban J connectivity index is 1.63. The number of rotatable bonds is 3. The zero-order chi connectivity index (χ0) is 18.3. The molecule has 2 heterocycles. The number of carbonyl (C=O) groups excluding carboxylic acids is 1. The lowest BCUT2D eigenvalue weighted by Gasteiger charge is -2.31. The predicted octanol–water partition coefficient (Wildman–Crippen LogP) is 3.67.